The van der Waals surface area contributed by atoms with E-state index >= 15 is 0 Å². The molecule has 2 aromatic rings. The second kappa shape index (κ2) is 6.27. The molecule has 0 spiro atoms. The highest BCUT2D eigenvalue weighted by molar-refractivity contribution is 5.85. The van der Waals surface area contributed by atoms with Gasteiger partial charge in [-0.05, 0) is 32.2 Å². The standard InChI is InChI=1S/C17H23N5O3/c23-15-10-13(19-14-4-6-18-22(14)15)11-20-7-3-5-17(25,12-20)16(24)21-8-1-2-9-21/h4,6,10,18,25H,1-3,5,7-9,11-12H2. The Morgan fingerprint density at radius 2 is 2.08 bits per heavy atom. The fourth-order valence-electron chi connectivity index (χ4n) is 3.93. The van der Waals surface area contributed by atoms with Crippen LogP contribution in [-0.4, -0.2) is 67.2 Å². The van der Waals surface area contributed by atoms with Crippen LogP contribution in [0.5, 0.6) is 0 Å². The summed E-state index contributed by atoms with van der Waals surface area (Å²) in [5, 5.41) is 13.7. The number of aliphatic hydroxyl groups is 1. The minimum absolute atomic E-state index is 0.149. The molecule has 0 radical (unpaired) electrons. The average molecular weight is 345 g/mol. The van der Waals surface area contributed by atoms with E-state index in [-0.39, 0.29) is 18.0 Å². The highest BCUT2D eigenvalue weighted by Crippen LogP contribution is 2.26. The van der Waals surface area contributed by atoms with Gasteiger partial charge in [-0.1, -0.05) is 0 Å². The van der Waals surface area contributed by atoms with Gasteiger partial charge in [-0.2, -0.15) is 0 Å². The zero-order valence-corrected chi connectivity index (χ0v) is 14.1. The number of aromatic amines is 1. The van der Waals surface area contributed by atoms with Crippen molar-refractivity contribution >= 4 is 11.6 Å². The molecule has 2 aliphatic rings. The number of rotatable bonds is 3. The van der Waals surface area contributed by atoms with Gasteiger partial charge in [0.25, 0.3) is 11.5 Å². The highest BCUT2D eigenvalue weighted by atomic mass is 16.3. The van der Waals surface area contributed by atoms with E-state index in [0.717, 1.165) is 38.9 Å². The lowest BCUT2D eigenvalue weighted by Crippen LogP contribution is -2.57. The molecule has 2 fully saturated rings. The first-order chi connectivity index (χ1) is 12.0. The van der Waals surface area contributed by atoms with Crippen molar-refractivity contribution in [3.05, 3.63) is 34.4 Å². The van der Waals surface area contributed by atoms with Crippen LogP contribution in [0.25, 0.3) is 5.65 Å². The smallest absolute Gasteiger partial charge is 0.272 e. The van der Waals surface area contributed by atoms with Gasteiger partial charge in [-0.3, -0.25) is 19.6 Å². The van der Waals surface area contributed by atoms with Crippen molar-refractivity contribution < 1.29 is 9.90 Å². The van der Waals surface area contributed by atoms with Gasteiger partial charge < -0.3 is 10.0 Å². The lowest BCUT2D eigenvalue weighted by atomic mass is 9.91. The van der Waals surface area contributed by atoms with Gasteiger partial charge in [0.05, 0.1) is 5.69 Å². The third-order valence-electron chi connectivity index (χ3n) is 5.16. The molecule has 2 aromatic heterocycles. The number of piperidine rings is 1. The number of fused-ring (bicyclic) bond motifs is 1. The Balaban J connectivity index is 1.50. The molecule has 8 heteroatoms. The van der Waals surface area contributed by atoms with Crippen LogP contribution in [0.4, 0.5) is 0 Å². The molecule has 1 unspecified atom stereocenters. The number of hydrogen-bond donors (Lipinski definition) is 2. The predicted octanol–water partition coefficient (Wildman–Crippen LogP) is -0.0281. The van der Waals surface area contributed by atoms with E-state index in [9.17, 15) is 14.7 Å². The molecule has 0 aromatic carbocycles. The molecule has 4 heterocycles. The average Bonchev–Trinajstić information content (AvgIpc) is 3.26. The molecule has 8 nitrogen and oxygen atoms in total. The van der Waals surface area contributed by atoms with Crippen LogP contribution in [0.3, 0.4) is 0 Å². The van der Waals surface area contributed by atoms with Gasteiger partial charge in [0, 0.05) is 44.5 Å². The van der Waals surface area contributed by atoms with Crippen molar-refractivity contribution in [3.8, 4) is 0 Å². The Labute approximate surface area is 145 Å². The molecule has 2 aliphatic heterocycles. The molecule has 1 amide bonds. The maximum absolute atomic E-state index is 12.7. The summed E-state index contributed by atoms with van der Waals surface area (Å²) in [5.74, 6) is -0.149. The van der Waals surface area contributed by atoms with Gasteiger partial charge in [-0.25, -0.2) is 9.50 Å². The Hall–Kier alpha value is -2.19. The Bertz CT molecular complexity index is 838. The van der Waals surface area contributed by atoms with E-state index in [1.54, 1.807) is 17.2 Å². The molecule has 25 heavy (non-hydrogen) atoms. The first kappa shape index (κ1) is 16.3. The van der Waals surface area contributed by atoms with Crippen molar-refractivity contribution in [2.45, 2.75) is 37.8 Å². The van der Waals surface area contributed by atoms with E-state index in [1.807, 2.05) is 4.90 Å². The van der Waals surface area contributed by atoms with Crippen LogP contribution < -0.4 is 5.56 Å². The molecular weight excluding hydrogens is 322 g/mol. The molecule has 134 valence electrons. The summed E-state index contributed by atoms with van der Waals surface area (Å²) in [6.07, 6.45) is 4.93. The Morgan fingerprint density at radius 1 is 1.28 bits per heavy atom. The first-order valence-corrected chi connectivity index (χ1v) is 8.85. The normalized spacial score (nSPS) is 24.9. The van der Waals surface area contributed by atoms with Gasteiger partial charge in [0.15, 0.2) is 11.2 Å². The molecule has 1 atom stereocenters. The van der Waals surface area contributed by atoms with Crippen LogP contribution in [0.15, 0.2) is 23.1 Å². The van der Waals surface area contributed by atoms with Crippen molar-refractivity contribution in [3.63, 3.8) is 0 Å². The molecule has 0 bridgehead atoms. The fraction of sp³-hybridized carbons (Fsp3) is 0.588. The van der Waals surface area contributed by atoms with E-state index in [4.69, 9.17) is 0 Å². The SMILES string of the molecule is O=C(N1CCCC1)C1(O)CCCN(Cc2cc(=O)n3[nH]ccc3n2)C1. The number of β-amino-alcohol motifs (C(OH)–C–C–N with tert-alkyl or cyclic N) is 1. The van der Waals surface area contributed by atoms with E-state index in [1.165, 1.54) is 10.6 Å². The summed E-state index contributed by atoms with van der Waals surface area (Å²) >= 11 is 0. The van der Waals surface area contributed by atoms with Gasteiger partial charge in [0.2, 0.25) is 0 Å². The molecular formula is C17H23N5O3. The number of likely N-dealkylation sites (tertiary alicyclic amines) is 2. The zero-order chi connectivity index (χ0) is 17.4. The van der Waals surface area contributed by atoms with Gasteiger partial charge >= 0.3 is 0 Å². The van der Waals surface area contributed by atoms with E-state index in [2.05, 4.69) is 10.1 Å². The number of carbonyl (C=O) groups excluding carboxylic acids is 1. The third-order valence-corrected chi connectivity index (χ3v) is 5.16. The van der Waals surface area contributed by atoms with Crippen LogP contribution in [0.1, 0.15) is 31.4 Å². The topological polar surface area (TPSA) is 93.9 Å². The minimum atomic E-state index is -1.32. The maximum Gasteiger partial charge on any atom is 0.272 e. The molecule has 2 saturated heterocycles. The third kappa shape index (κ3) is 3.07. The predicted molar refractivity (Wildman–Crippen MR) is 91.1 cm³/mol. The summed E-state index contributed by atoms with van der Waals surface area (Å²) in [4.78, 5) is 33.0. The highest BCUT2D eigenvalue weighted by Gasteiger charge is 2.43. The summed E-state index contributed by atoms with van der Waals surface area (Å²) in [6, 6.07) is 3.24. The van der Waals surface area contributed by atoms with Gasteiger partial charge in [-0.15, -0.1) is 0 Å². The second-order valence-electron chi connectivity index (χ2n) is 7.09. The number of aromatic nitrogens is 3. The van der Waals surface area contributed by atoms with E-state index in [0.29, 0.717) is 24.3 Å². The number of nitrogens with one attached hydrogen (secondary N) is 1. The number of H-pyrrole nitrogens is 1. The maximum atomic E-state index is 12.7. The summed E-state index contributed by atoms with van der Waals surface area (Å²) < 4.78 is 1.38. The largest absolute Gasteiger partial charge is 0.379 e. The van der Waals surface area contributed by atoms with E-state index < -0.39 is 5.60 Å². The number of nitrogens with zero attached hydrogens (tertiary/aromatic N) is 4. The summed E-state index contributed by atoms with van der Waals surface area (Å²) in [7, 11) is 0. The molecule has 4 rings (SSSR count). The monoisotopic (exact) mass is 345 g/mol. The molecule has 0 saturated carbocycles. The number of amides is 1. The lowest BCUT2D eigenvalue weighted by Gasteiger charge is -2.39. The first-order valence-electron chi connectivity index (χ1n) is 8.85. The van der Waals surface area contributed by atoms with Crippen LogP contribution in [0.2, 0.25) is 0 Å². The second-order valence-corrected chi connectivity index (χ2v) is 7.09. The minimum Gasteiger partial charge on any atom is -0.379 e. The lowest BCUT2D eigenvalue weighted by molar-refractivity contribution is -0.156. The molecule has 2 N–H and O–H groups in total. The molecule has 0 aliphatic carbocycles. The van der Waals surface area contributed by atoms with Gasteiger partial charge in [0.1, 0.15) is 0 Å². The number of carbonyl (C=O) groups is 1. The number of hydrogen-bond acceptors (Lipinski definition) is 5. The van der Waals surface area contributed by atoms with Crippen LogP contribution in [-0.2, 0) is 11.3 Å². The summed E-state index contributed by atoms with van der Waals surface area (Å²) in [6.45, 7) is 3.00. The fourth-order valence-corrected chi connectivity index (χ4v) is 3.93. The van der Waals surface area contributed by atoms with Crippen molar-refractivity contribution in [2.75, 3.05) is 26.2 Å². The van der Waals surface area contributed by atoms with Crippen molar-refractivity contribution in [2.24, 2.45) is 0 Å². The zero-order valence-electron chi connectivity index (χ0n) is 14.1. The summed E-state index contributed by atoms with van der Waals surface area (Å²) in [5.41, 5.74) is -0.258. The van der Waals surface area contributed by atoms with Crippen molar-refractivity contribution in [1.82, 2.24) is 24.4 Å². The quantitative estimate of drug-likeness (QED) is 0.815. The van der Waals surface area contributed by atoms with Crippen LogP contribution in [0, 0.1) is 0 Å². The van der Waals surface area contributed by atoms with Crippen molar-refractivity contribution in [1.29, 1.82) is 0 Å². The Kier molecular flexibility index (Phi) is 4.09. The van der Waals surface area contributed by atoms with Crippen LogP contribution >= 0.6 is 0 Å². The Morgan fingerprint density at radius 3 is 2.88 bits per heavy atom.